The van der Waals surface area contributed by atoms with E-state index < -0.39 is 0 Å². The lowest BCUT2D eigenvalue weighted by Crippen LogP contribution is -2.49. The standard InChI is InChI=1S/C14H28N2/c1-11(2)16-9-12-6-7-14(3,4)13(10-16)15(5)8-12/h11-13H,6-10H2,1-5H3. The zero-order valence-corrected chi connectivity index (χ0v) is 11.7. The van der Waals surface area contributed by atoms with Gasteiger partial charge in [0.15, 0.2) is 0 Å². The highest BCUT2D eigenvalue weighted by Crippen LogP contribution is 2.38. The monoisotopic (exact) mass is 224 g/mol. The van der Waals surface area contributed by atoms with Crippen LogP contribution in [0.15, 0.2) is 0 Å². The SMILES string of the molecule is CC(C)N1CC2CCC(C)(C)C(C1)N(C)C2. The van der Waals surface area contributed by atoms with Crippen LogP contribution in [0, 0.1) is 11.3 Å². The lowest BCUT2D eigenvalue weighted by Gasteiger charge is -2.42. The first-order valence-corrected chi connectivity index (χ1v) is 6.84. The molecule has 0 aliphatic carbocycles. The van der Waals surface area contributed by atoms with Gasteiger partial charge in [-0.05, 0) is 45.1 Å². The summed E-state index contributed by atoms with van der Waals surface area (Å²) in [7, 11) is 2.33. The van der Waals surface area contributed by atoms with Gasteiger partial charge in [-0.3, -0.25) is 4.90 Å². The minimum absolute atomic E-state index is 0.483. The topological polar surface area (TPSA) is 6.48 Å². The van der Waals surface area contributed by atoms with Crippen molar-refractivity contribution in [1.29, 1.82) is 0 Å². The van der Waals surface area contributed by atoms with Crippen molar-refractivity contribution in [2.24, 2.45) is 11.3 Å². The van der Waals surface area contributed by atoms with E-state index in [0.717, 1.165) is 12.0 Å². The molecular weight excluding hydrogens is 196 g/mol. The molecular formula is C14H28N2. The zero-order valence-electron chi connectivity index (χ0n) is 11.7. The molecule has 0 radical (unpaired) electrons. The van der Waals surface area contributed by atoms with Gasteiger partial charge < -0.3 is 4.90 Å². The summed E-state index contributed by atoms with van der Waals surface area (Å²) in [6.07, 6.45) is 2.82. The van der Waals surface area contributed by atoms with Gasteiger partial charge in [0.25, 0.3) is 0 Å². The van der Waals surface area contributed by atoms with E-state index in [-0.39, 0.29) is 0 Å². The molecule has 2 aliphatic heterocycles. The lowest BCUT2D eigenvalue weighted by molar-refractivity contribution is 0.0791. The molecule has 0 N–H and O–H groups in total. The van der Waals surface area contributed by atoms with Gasteiger partial charge >= 0.3 is 0 Å². The van der Waals surface area contributed by atoms with Crippen molar-refractivity contribution in [1.82, 2.24) is 9.80 Å². The molecule has 2 fully saturated rings. The van der Waals surface area contributed by atoms with Crippen molar-refractivity contribution in [2.45, 2.75) is 52.6 Å². The molecule has 0 spiro atoms. The Balaban J connectivity index is 2.23. The Kier molecular flexibility index (Phi) is 3.33. The molecule has 0 aromatic heterocycles. The van der Waals surface area contributed by atoms with E-state index in [1.54, 1.807) is 0 Å². The van der Waals surface area contributed by atoms with Crippen molar-refractivity contribution >= 4 is 0 Å². The molecule has 2 heteroatoms. The molecule has 16 heavy (non-hydrogen) atoms. The van der Waals surface area contributed by atoms with Crippen LogP contribution in [0.3, 0.4) is 0 Å². The first-order valence-electron chi connectivity index (χ1n) is 6.84. The second kappa shape index (κ2) is 4.30. The summed E-state index contributed by atoms with van der Waals surface area (Å²) >= 11 is 0. The lowest BCUT2D eigenvalue weighted by atomic mass is 9.78. The largest absolute Gasteiger partial charge is 0.301 e. The van der Waals surface area contributed by atoms with Crippen LogP contribution in [0.4, 0.5) is 0 Å². The van der Waals surface area contributed by atoms with Crippen molar-refractivity contribution in [3.05, 3.63) is 0 Å². The number of fused-ring (bicyclic) bond motifs is 3. The molecule has 0 aromatic rings. The van der Waals surface area contributed by atoms with E-state index in [9.17, 15) is 0 Å². The Morgan fingerprint density at radius 1 is 1.12 bits per heavy atom. The van der Waals surface area contributed by atoms with E-state index in [1.165, 1.54) is 32.5 Å². The third-order valence-electron chi connectivity index (χ3n) is 4.81. The molecule has 0 aromatic carbocycles. The normalized spacial score (nSPS) is 36.4. The summed E-state index contributed by atoms with van der Waals surface area (Å²) in [6, 6.07) is 1.44. The maximum absolute atomic E-state index is 2.69. The average Bonchev–Trinajstić information content (AvgIpc) is 2.38. The Morgan fingerprint density at radius 2 is 1.81 bits per heavy atom. The van der Waals surface area contributed by atoms with Gasteiger partial charge in [-0.25, -0.2) is 0 Å². The van der Waals surface area contributed by atoms with Crippen LogP contribution in [0.25, 0.3) is 0 Å². The van der Waals surface area contributed by atoms with Crippen LogP contribution in [0.2, 0.25) is 0 Å². The zero-order chi connectivity index (χ0) is 11.9. The third-order valence-corrected chi connectivity index (χ3v) is 4.81. The van der Waals surface area contributed by atoms with E-state index in [2.05, 4.69) is 44.5 Å². The fourth-order valence-corrected chi connectivity index (χ4v) is 3.55. The Hall–Kier alpha value is -0.0800. The minimum atomic E-state index is 0.483. The highest BCUT2D eigenvalue weighted by molar-refractivity contribution is 4.95. The number of nitrogens with zero attached hydrogens (tertiary/aromatic N) is 2. The van der Waals surface area contributed by atoms with Gasteiger partial charge in [0, 0.05) is 31.7 Å². The minimum Gasteiger partial charge on any atom is -0.301 e. The Labute approximate surface area is 101 Å². The fourth-order valence-electron chi connectivity index (χ4n) is 3.55. The summed E-state index contributed by atoms with van der Waals surface area (Å²) in [6.45, 7) is 13.5. The summed E-state index contributed by atoms with van der Waals surface area (Å²) in [5, 5.41) is 0. The maximum Gasteiger partial charge on any atom is 0.0271 e. The van der Waals surface area contributed by atoms with Gasteiger partial charge in [0.05, 0.1) is 0 Å². The molecule has 2 bridgehead atoms. The highest BCUT2D eigenvalue weighted by Gasteiger charge is 2.41. The van der Waals surface area contributed by atoms with Crippen LogP contribution in [0.1, 0.15) is 40.5 Å². The molecule has 2 atom stereocenters. The molecule has 0 amide bonds. The molecule has 2 heterocycles. The Morgan fingerprint density at radius 3 is 2.44 bits per heavy atom. The molecule has 94 valence electrons. The summed E-state index contributed by atoms with van der Waals surface area (Å²) < 4.78 is 0. The van der Waals surface area contributed by atoms with Gasteiger partial charge in [-0.1, -0.05) is 13.8 Å². The molecule has 0 saturated carbocycles. The summed E-state index contributed by atoms with van der Waals surface area (Å²) in [5.41, 5.74) is 0.483. The van der Waals surface area contributed by atoms with E-state index in [1.807, 2.05) is 0 Å². The predicted molar refractivity (Wildman–Crippen MR) is 69.6 cm³/mol. The smallest absolute Gasteiger partial charge is 0.0271 e. The van der Waals surface area contributed by atoms with Gasteiger partial charge in [0.1, 0.15) is 0 Å². The van der Waals surface area contributed by atoms with Crippen LogP contribution >= 0.6 is 0 Å². The quantitative estimate of drug-likeness (QED) is 0.675. The van der Waals surface area contributed by atoms with Crippen LogP contribution in [0.5, 0.6) is 0 Å². The number of hydrogen-bond acceptors (Lipinski definition) is 2. The summed E-state index contributed by atoms with van der Waals surface area (Å²) in [4.78, 5) is 5.32. The number of hydrogen-bond donors (Lipinski definition) is 0. The maximum atomic E-state index is 2.69. The predicted octanol–water partition coefficient (Wildman–Crippen LogP) is 2.45. The Bertz CT molecular complexity index is 247. The fraction of sp³-hybridized carbons (Fsp3) is 1.00. The average molecular weight is 224 g/mol. The molecule has 2 saturated heterocycles. The molecule has 2 rings (SSSR count). The van der Waals surface area contributed by atoms with Gasteiger partial charge in [0.2, 0.25) is 0 Å². The van der Waals surface area contributed by atoms with E-state index >= 15 is 0 Å². The number of likely N-dealkylation sites (tertiary alicyclic amines) is 1. The first-order chi connectivity index (χ1) is 7.40. The van der Waals surface area contributed by atoms with Gasteiger partial charge in [-0.15, -0.1) is 0 Å². The summed E-state index contributed by atoms with van der Waals surface area (Å²) in [5.74, 6) is 0.888. The second-order valence-corrected chi connectivity index (χ2v) is 6.90. The van der Waals surface area contributed by atoms with Crippen molar-refractivity contribution in [2.75, 3.05) is 26.7 Å². The second-order valence-electron chi connectivity index (χ2n) is 6.90. The molecule has 2 aliphatic rings. The molecule has 2 unspecified atom stereocenters. The first kappa shape index (κ1) is 12.4. The molecule has 2 nitrogen and oxygen atoms in total. The van der Waals surface area contributed by atoms with Gasteiger partial charge in [-0.2, -0.15) is 0 Å². The van der Waals surface area contributed by atoms with Crippen LogP contribution in [-0.2, 0) is 0 Å². The van der Waals surface area contributed by atoms with Crippen LogP contribution < -0.4 is 0 Å². The van der Waals surface area contributed by atoms with Crippen molar-refractivity contribution in [3.8, 4) is 0 Å². The van der Waals surface area contributed by atoms with Crippen molar-refractivity contribution < 1.29 is 0 Å². The third kappa shape index (κ3) is 2.28. The van der Waals surface area contributed by atoms with Crippen molar-refractivity contribution in [3.63, 3.8) is 0 Å². The van der Waals surface area contributed by atoms with E-state index in [4.69, 9.17) is 0 Å². The highest BCUT2D eigenvalue weighted by atomic mass is 15.3. The number of rotatable bonds is 1. The van der Waals surface area contributed by atoms with E-state index in [0.29, 0.717) is 11.5 Å². The number of likely N-dealkylation sites (N-methyl/N-ethyl adjacent to an activating group) is 1. The van der Waals surface area contributed by atoms with Crippen LogP contribution in [-0.4, -0.2) is 48.6 Å².